The number of amides is 1. The molecule has 102 valence electrons. The van der Waals surface area contributed by atoms with Crippen LogP contribution < -0.4 is 5.32 Å². The molecule has 1 aliphatic rings. The van der Waals surface area contributed by atoms with E-state index in [0.29, 0.717) is 19.8 Å². The molecule has 1 amide bonds. The fourth-order valence-electron chi connectivity index (χ4n) is 1.94. The van der Waals surface area contributed by atoms with Gasteiger partial charge in [-0.15, -0.1) is 0 Å². The first-order chi connectivity index (χ1) is 9.09. The number of rotatable bonds is 4. The quantitative estimate of drug-likeness (QED) is 0.627. The average Bonchev–Trinajstić information content (AvgIpc) is 2.89. The summed E-state index contributed by atoms with van der Waals surface area (Å²) >= 11 is 0. The molecule has 0 spiro atoms. The topological polar surface area (TPSA) is 102 Å². The van der Waals surface area contributed by atoms with Gasteiger partial charge in [-0.05, 0) is 12.5 Å². The van der Waals surface area contributed by atoms with E-state index in [2.05, 4.69) is 5.32 Å². The number of phenolic OH excluding ortho intramolecular Hbond substituents is 1. The van der Waals surface area contributed by atoms with Gasteiger partial charge < -0.3 is 15.2 Å². The lowest BCUT2D eigenvalue weighted by molar-refractivity contribution is -0.385. The predicted octanol–water partition coefficient (Wildman–Crippen LogP) is 1.07. The summed E-state index contributed by atoms with van der Waals surface area (Å²) < 4.78 is 5.18. The number of hydrogen-bond acceptors (Lipinski definition) is 5. The van der Waals surface area contributed by atoms with Crippen molar-refractivity contribution in [1.29, 1.82) is 0 Å². The molecule has 2 rings (SSSR count). The summed E-state index contributed by atoms with van der Waals surface area (Å²) in [5.41, 5.74) is -0.565. The fraction of sp³-hybridized carbons (Fsp3) is 0.417. The molecule has 0 aromatic heterocycles. The van der Waals surface area contributed by atoms with Gasteiger partial charge in [0.25, 0.3) is 5.91 Å². The highest BCUT2D eigenvalue weighted by molar-refractivity contribution is 5.98. The molecular weight excluding hydrogens is 252 g/mol. The van der Waals surface area contributed by atoms with Crippen molar-refractivity contribution in [1.82, 2.24) is 5.32 Å². The van der Waals surface area contributed by atoms with Gasteiger partial charge in [-0.2, -0.15) is 0 Å². The molecule has 1 fully saturated rings. The summed E-state index contributed by atoms with van der Waals surface area (Å²) in [6.07, 6.45) is 0.876. The van der Waals surface area contributed by atoms with E-state index in [4.69, 9.17) is 4.74 Å². The Balaban J connectivity index is 2.06. The monoisotopic (exact) mass is 266 g/mol. The Morgan fingerprint density at radius 2 is 2.37 bits per heavy atom. The average molecular weight is 266 g/mol. The molecule has 1 aromatic carbocycles. The highest BCUT2D eigenvalue weighted by atomic mass is 16.6. The van der Waals surface area contributed by atoms with E-state index < -0.39 is 22.3 Å². The first-order valence-corrected chi connectivity index (χ1v) is 5.92. The number of nitrogens with one attached hydrogen (secondary N) is 1. The smallest absolute Gasteiger partial charge is 0.311 e. The van der Waals surface area contributed by atoms with Crippen LogP contribution in [0.25, 0.3) is 0 Å². The number of phenols is 1. The Labute approximate surface area is 109 Å². The molecule has 2 N–H and O–H groups in total. The Morgan fingerprint density at radius 1 is 1.58 bits per heavy atom. The highest BCUT2D eigenvalue weighted by Gasteiger charge is 2.22. The molecule has 0 bridgehead atoms. The molecule has 19 heavy (non-hydrogen) atoms. The summed E-state index contributed by atoms with van der Waals surface area (Å²) in [5, 5.41) is 23.0. The van der Waals surface area contributed by atoms with Gasteiger partial charge in [0.15, 0.2) is 0 Å². The number of carbonyl (C=O) groups excluding carboxylic acids is 1. The Kier molecular flexibility index (Phi) is 3.96. The zero-order valence-electron chi connectivity index (χ0n) is 10.2. The van der Waals surface area contributed by atoms with E-state index >= 15 is 0 Å². The number of benzene rings is 1. The lowest BCUT2D eigenvalue weighted by Gasteiger charge is -2.10. The van der Waals surface area contributed by atoms with Crippen LogP contribution in [0.2, 0.25) is 0 Å². The van der Waals surface area contributed by atoms with Crippen molar-refractivity contribution in [3.63, 3.8) is 0 Å². The third kappa shape index (κ3) is 3.00. The zero-order valence-corrected chi connectivity index (χ0v) is 10.2. The van der Waals surface area contributed by atoms with Gasteiger partial charge in [-0.1, -0.05) is 6.07 Å². The molecule has 1 aliphatic heterocycles. The highest BCUT2D eigenvalue weighted by Crippen LogP contribution is 2.29. The number of nitro benzene ring substituents is 1. The van der Waals surface area contributed by atoms with E-state index in [-0.39, 0.29) is 11.5 Å². The van der Waals surface area contributed by atoms with Gasteiger partial charge in [-0.25, -0.2) is 0 Å². The first kappa shape index (κ1) is 13.3. The van der Waals surface area contributed by atoms with Crippen LogP contribution in [0.15, 0.2) is 18.2 Å². The third-order valence-corrected chi connectivity index (χ3v) is 3.03. The number of carbonyl (C=O) groups is 1. The van der Waals surface area contributed by atoms with E-state index in [0.717, 1.165) is 12.5 Å². The summed E-state index contributed by atoms with van der Waals surface area (Å²) in [6.45, 7) is 1.71. The molecule has 1 saturated heterocycles. The van der Waals surface area contributed by atoms with Crippen molar-refractivity contribution in [3.8, 4) is 5.75 Å². The van der Waals surface area contributed by atoms with Gasteiger partial charge in [0.1, 0.15) is 0 Å². The molecule has 7 nitrogen and oxygen atoms in total. The molecule has 1 aromatic rings. The van der Waals surface area contributed by atoms with Crippen LogP contribution in [0.5, 0.6) is 5.75 Å². The first-order valence-electron chi connectivity index (χ1n) is 5.92. The second-order valence-electron chi connectivity index (χ2n) is 4.37. The summed E-state index contributed by atoms with van der Waals surface area (Å²) in [6, 6.07) is 3.87. The van der Waals surface area contributed by atoms with E-state index in [1.807, 2.05) is 0 Å². The maximum atomic E-state index is 11.9. The number of nitrogens with zero attached hydrogens (tertiary/aromatic N) is 1. The van der Waals surface area contributed by atoms with Crippen LogP contribution in [0.1, 0.15) is 16.8 Å². The number of nitro groups is 1. The van der Waals surface area contributed by atoms with Crippen molar-refractivity contribution in [2.45, 2.75) is 6.42 Å². The standard InChI is InChI=1S/C12H14N2O5/c15-11-9(2-1-3-10(11)14(17)18)12(16)13-6-8-4-5-19-7-8/h1-3,8,15H,4-7H2,(H,13,16). The Morgan fingerprint density at radius 3 is 3.00 bits per heavy atom. The minimum atomic E-state index is -0.725. The molecule has 0 saturated carbocycles. The van der Waals surface area contributed by atoms with Crippen LogP contribution in [0.3, 0.4) is 0 Å². The number of aromatic hydroxyl groups is 1. The second-order valence-corrected chi connectivity index (χ2v) is 4.37. The summed E-state index contributed by atoms with van der Waals surface area (Å²) in [4.78, 5) is 21.8. The van der Waals surface area contributed by atoms with Crippen molar-refractivity contribution >= 4 is 11.6 Å². The number of hydrogen-bond donors (Lipinski definition) is 2. The van der Waals surface area contributed by atoms with Gasteiger partial charge in [0, 0.05) is 25.1 Å². The molecule has 7 heteroatoms. The van der Waals surface area contributed by atoms with Crippen molar-refractivity contribution in [2.24, 2.45) is 5.92 Å². The van der Waals surface area contributed by atoms with Crippen LogP contribution in [0, 0.1) is 16.0 Å². The van der Waals surface area contributed by atoms with Gasteiger partial charge >= 0.3 is 5.69 Å². The van der Waals surface area contributed by atoms with E-state index in [1.54, 1.807) is 0 Å². The normalized spacial score (nSPS) is 18.2. The minimum Gasteiger partial charge on any atom is -0.502 e. The lowest BCUT2D eigenvalue weighted by Crippen LogP contribution is -2.29. The zero-order chi connectivity index (χ0) is 13.8. The molecule has 1 heterocycles. The van der Waals surface area contributed by atoms with Crippen LogP contribution >= 0.6 is 0 Å². The maximum absolute atomic E-state index is 11.9. The van der Waals surface area contributed by atoms with Crippen LogP contribution in [0.4, 0.5) is 5.69 Å². The van der Waals surface area contributed by atoms with E-state index in [1.165, 1.54) is 12.1 Å². The summed E-state index contributed by atoms with van der Waals surface area (Å²) in [7, 11) is 0. The Hall–Kier alpha value is -2.15. The molecule has 1 unspecified atom stereocenters. The largest absolute Gasteiger partial charge is 0.502 e. The van der Waals surface area contributed by atoms with Crippen molar-refractivity contribution in [2.75, 3.05) is 19.8 Å². The third-order valence-electron chi connectivity index (χ3n) is 3.03. The van der Waals surface area contributed by atoms with Gasteiger partial charge in [0.2, 0.25) is 5.75 Å². The molecule has 1 atom stereocenters. The Bertz CT molecular complexity index is 497. The van der Waals surface area contributed by atoms with Crippen molar-refractivity contribution < 1.29 is 19.6 Å². The minimum absolute atomic E-state index is 0.0897. The molecule has 0 aliphatic carbocycles. The SMILES string of the molecule is O=C(NCC1CCOC1)c1cccc([N+](=O)[O-])c1O. The van der Waals surface area contributed by atoms with Crippen LogP contribution in [-0.4, -0.2) is 35.7 Å². The van der Waals surface area contributed by atoms with Crippen molar-refractivity contribution in [3.05, 3.63) is 33.9 Å². The van der Waals surface area contributed by atoms with E-state index in [9.17, 15) is 20.0 Å². The lowest BCUT2D eigenvalue weighted by atomic mass is 10.1. The number of para-hydroxylation sites is 1. The van der Waals surface area contributed by atoms with Gasteiger partial charge in [-0.3, -0.25) is 14.9 Å². The number of ether oxygens (including phenoxy) is 1. The summed E-state index contributed by atoms with van der Waals surface area (Å²) in [5.74, 6) is -0.870. The molecule has 0 radical (unpaired) electrons. The van der Waals surface area contributed by atoms with Crippen LogP contribution in [-0.2, 0) is 4.74 Å². The van der Waals surface area contributed by atoms with Gasteiger partial charge in [0.05, 0.1) is 17.1 Å². The molecular formula is C12H14N2O5. The predicted molar refractivity (Wildman–Crippen MR) is 66.0 cm³/mol. The second kappa shape index (κ2) is 5.66. The fourth-order valence-corrected chi connectivity index (χ4v) is 1.94. The maximum Gasteiger partial charge on any atom is 0.311 e.